The maximum atomic E-state index is 17.3. The highest BCUT2D eigenvalue weighted by Crippen LogP contribution is 2.48. The lowest BCUT2D eigenvalue weighted by Gasteiger charge is -2.14. The number of aromatic nitrogens is 2. The first-order valence-electron chi connectivity index (χ1n) is 26.5. The highest BCUT2D eigenvalue weighted by molar-refractivity contribution is 7.24. The van der Waals surface area contributed by atoms with Gasteiger partial charge in [-0.15, -0.1) is 45.3 Å². The molecule has 0 aliphatic carbocycles. The quantitative estimate of drug-likeness (QED) is 0.0479. The first-order chi connectivity index (χ1) is 33.1. The van der Waals surface area contributed by atoms with Crippen LogP contribution in [-0.2, 0) is 25.9 Å². The molecule has 0 N–H and O–H groups in total. The van der Waals surface area contributed by atoms with Gasteiger partial charge in [-0.2, -0.15) is 0 Å². The minimum absolute atomic E-state index is 0.177. The van der Waals surface area contributed by atoms with Crippen LogP contribution in [0.5, 0.6) is 0 Å². The van der Waals surface area contributed by atoms with Crippen molar-refractivity contribution in [1.29, 1.82) is 0 Å². The van der Waals surface area contributed by atoms with Gasteiger partial charge in [0.25, 0.3) is 0 Å². The fourth-order valence-corrected chi connectivity index (χ4v) is 15.1. The van der Waals surface area contributed by atoms with E-state index in [1.165, 1.54) is 91.8 Å². The standard InChI is InChI=1S/C60H76F2N2S4/c1-9-15-19-21-29-63-51-37-45(55-33-43(31-41(13-5)23-17-11-3)59(67-55)53-27-25-39(7)65-53)49(61)35-47(51)58-57(63)48-36-50(62)46(38-52(48)64(58)30-22-20-16-10-2)56-34-44(32-42(14-6)24-18-12-4)60(68-56)54-28-26-40(8)66-54/h25-28,33-38,41-42H,9-24,29-32H2,1-8H3. The monoisotopic (exact) mass is 990 g/mol. The lowest BCUT2D eigenvalue weighted by Crippen LogP contribution is -2.03. The van der Waals surface area contributed by atoms with Gasteiger partial charge in [0.15, 0.2) is 0 Å². The molecule has 2 atom stereocenters. The van der Waals surface area contributed by atoms with E-state index in [0.29, 0.717) is 23.0 Å². The normalized spacial score (nSPS) is 13.0. The Labute approximate surface area is 422 Å². The molecule has 0 fully saturated rings. The van der Waals surface area contributed by atoms with E-state index in [1.807, 2.05) is 34.8 Å². The van der Waals surface area contributed by atoms with Gasteiger partial charge in [0.05, 0.1) is 22.1 Å². The number of fused-ring (bicyclic) bond motifs is 5. The summed E-state index contributed by atoms with van der Waals surface area (Å²) in [6, 6.07) is 21.6. The molecule has 0 radical (unpaired) electrons. The largest absolute Gasteiger partial charge is 0.339 e. The molecule has 2 nitrogen and oxygen atoms in total. The van der Waals surface area contributed by atoms with Crippen LogP contribution in [0.15, 0.2) is 60.7 Å². The Kier molecular flexibility index (Phi) is 17.6. The predicted molar refractivity (Wildman–Crippen MR) is 300 cm³/mol. The third-order valence-electron chi connectivity index (χ3n) is 14.7. The van der Waals surface area contributed by atoms with Crippen molar-refractivity contribution in [2.24, 2.45) is 11.8 Å². The van der Waals surface area contributed by atoms with E-state index in [9.17, 15) is 0 Å². The van der Waals surface area contributed by atoms with Crippen molar-refractivity contribution in [2.45, 2.75) is 184 Å². The summed E-state index contributed by atoms with van der Waals surface area (Å²) in [4.78, 5) is 9.74. The summed E-state index contributed by atoms with van der Waals surface area (Å²) in [7, 11) is 0. The zero-order valence-corrected chi connectivity index (χ0v) is 45.6. The molecule has 0 amide bonds. The summed E-state index contributed by atoms with van der Waals surface area (Å²) < 4.78 is 39.6. The highest BCUT2D eigenvalue weighted by Gasteiger charge is 2.27. The van der Waals surface area contributed by atoms with E-state index in [2.05, 4.69) is 113 Å². The van der Waals surface area contributed by atoms with Crippen LogP contribution in [0.1, 0.15) is 165 Å². The number of thiophene rings is 4. The van der Waals surface area contributed by atoms with Crippen LogP contribution < -0.4 is 0 Å². The van der Waals surface area contributed by atoms with Gasteiger partial charge >= 0.3 is 0 Å². The molecule has 2 unspecified atom stereocenters. The molecule has 0 saturated heterocycles. The SMILES string of the molecule is CCCCCCn1c2cc(-c3cc(CC(CC)CCCC)c(-c4ccc(C)s4)s3)c(F)cc2c2c1c1cc(F)c(-c3cc(CC(CC)CCCC)c(-c4ccc(C)s4)s3)cc1n2CCCCCC. The predicted octanol–water partition coefficient (Wildman–Crippen LogP) is 21.2. The smallest absolute Gasteiger partial charge is 0.132 e. The molecule has 0 saturated carbocycles. The van der Waals surface area contributed by atoms with Crippen molar-refractivity contribution >= 4 is 78.2 Å². The zero-order chi connectivity index (χ0) is 47.9. The Morgan fingerprint density at radius 2 is 0.868 bits per heavy atom. The van der Waals surface area contributed by atoms with Crippen molar-refractivity contribution in [3.05, 3.63) is 93.2 Å². The lowest BCUT2D eigenvalue weighted by atomic mass is 9.91. The van der Waals surface area contributed by atoms with E-state index < -0.39 is 0 Å². The third kappa shape index (κ3) is 11.0. The minimum Gasteiger partial charge on any atom is -0.339 e. The maximum Gasteiger partial charge on any atom is 0.132 e. The third-order valence-corrected chi connectivity index (χ3v) is 19.5. The molecule has 364 valence electrons. The van der Waals surface area contributed by atoms with E-state index in [1.54, 1.807) is 22.7 Å². The summed E-state index contributed by atoms with van der Waals surface area (Å²) >= 11 is 7.20. The van der Waals surface area contributed by atoms with Crippen LogP contribution >= 0.6 is 45.3 Å². The number of nitrogens with zero attached hydrogens (tertiary/aromatic N) is 2. The number of unbranched alkanes of at least 4 members (excludes halogenated alkanes) is 8. The summed E-state index contributed by atoms with van der Waals surface area (Å²) in [6.07, 6.45) is 20.6. The fourth-order valence-electron chi connectivity index (χ4n) is 10.7. The second kappa shape index (κ2) is 23.6. The zero-order valence-electron chi connectivity index (χ0n) is 42.4. The van der Waals surface area contributed by atoms with Gasteiger partial charge in [-0.25, -0.2) is 8.78 Å². The number of hydrogen-bond donors (Lipinski definition) is 0. The van der Waals surface area contributed by atoms with E-state index in [-0.39, 0.29) is 11.6 Å². The average molecular weight is 992 g/mol. The van der Waals surface area contributed by atoms with Gasteiger partial charge in [-0.05, 0) is 123 Å². The summed E-state index contributed by atoms with van der Waals surface area (Å²) in [5, 5.41) is 1.88. The first kappa shape index (κ1) is 50.8. The van der Waals surface area contributed by atoms with Gasteiger partial charge in [0.1, 0.15) is 11.6 Å². The molecule has 68 heavy (non-hydrogen) atoms. The molecule has 6 heterocycles. The number of benzene rings is 2. The van der Waals surface area contributed by atoms with Crippen molar-refractivity contribution in [3.63, 3.8) is 0 Å². The van der Waals surface area contributed by atoms with Crippen molar-refractivity contribution in [3.8, 4) is 40.4 Å². The Morgan fingerprint density at radius 3 is 1.22 bits per heavy atom. The molecule has 2 aromatic carbocycles. The van der Waals surface area contributed by atoms with Gasteiger partial charge in [-0.3, -0.25) is 0 Å². The highest BCUT2D eigenvalue weighted by atomic mass is 32.1. The van der Waals surface area contributed by atoms with E-state index in [0.717, 1.165) is 120 Å². The Hall–Kier alpha value is -3.56. The number of hydrogen-bond acceptors (Lipinski definition) is 4. The van der Waals surface area contributed by atoms with Crippen LogP contribution in [0, 0.1) is 37.3 Å². The minimum atomic E-state index is -0.177. The summed E-state index contributed by atoms with van der Waals surface area (Å²) in [5.74, 6) is 0.859. The van der Waals surface area contributed by atoms with Crippen LogP contribution in [0.4, 0.5) is 8.78 Å². The molecule has 6 aromatic heterocycles. The molecular weight excluding hydrogens is 915 g/mol. The Morgan fingerprint density at radius 1 is 0.456 bits per heavy atom. The van der Waals surface area contributed by atoms with Gasteiger partial charge in [0, 0.05) is 74.0 Å². The summed E-state index contributed by atoms with van der Waals surface area (Å²) in [6.45, 7) is 19.7. The van der Waals surface area contributed by atoms with Crippen molar-refractivity contribution in [2.75, 3.05) is 0 Å². The molecule has 8 aromatic rings. The van der Waals surface area contributed by atoms with Crippen LogP contribution in [0.2, 0.25) is 0 Å². The molecule has 0 aliphatic rings. The topological polar surface area (TPSA) is 9.86 Å². The molecule has 8 heteroatoms. The average Bonchev–Trinajstić information content (AvgIpc) is 4.21. The molecule has 8 rings (SSSR count). The Bertz CT molecular complexity index is 2710. The van der Waals surface area contributed by atoms with Gasteiger partial charge in [-0.1, -0.05) is 131 Å². The van der Waals surface area contributed by atoms with E-state index in [4.69, 9.17) is 0 Å². The molecule has 0 spiro atoms. The summed E-state index contributed by atoms with van der Waals surface area (Å²) in [5.41, 5.74) is 8.27. The lowest BCUT2D eigenvalue weighted by molar-refractivity contribution is 0.450. The second-order valence-electron chi connectivity index (χ2n) is 19.8. The van der Waals surface area contributed by atoms with Gasteiger partial charge in [0.2, 0.25) is 0 Å². The molecular formula is C60H76F2N2S4. The van der Waals surface area contributed by atoms with Crippen LogP contribution in [0.3, 0.4) is 0 Å². The maximum absolute atomic E-state index is 17.3. The van der Waals surface area contributed by atoms with Crippen LogP contribution in [-0.4, -0.2) is 9.13 Å². The van der Waals surface area contributed by atoms with Crippen molar-refractivity contribution < 1.29 is 8.78 Å². The second-order valence-corrected chi connectivity index (χ2v) is 24.5. The first-order valence-corrected chi connectivity index (χ1v) is 29.7. The molecule has 0 aliphatic heterocycles. The number of halogens is 2. The van der Waals surface area contributed by atoms with Gasteiger partial charge < -0.3 is 9.13 Å². The van der Waals surface area contributed by atoms with Crippen molar-refractivity contribution in [1.82, 2.24) is 9.13 Å². The fraction of sp³-hybridized carbons (Fsp3) is 0.500. The molecule has 0 bridgehead atoms. The number of rotatable bonds is 26. The Balaban J connectivity index is 1.31. The van der Waals surface area contributed by atoms with E-state index >= 15 is 8.78 Å². The number of aryl methyl sites for hydroxylation is 4. The van der Waals surface area contributed by atoms with Crippen LogP contribution in [0.25, 0.3) is 73.2 Å².